The normalized spacial score (nSPS) is 11.7. The van der Waals surface area contributed by atoms with E-state index in [2.05, 4.69) is 9.72 Å². The Bertz CT molecular complexity index is 475. The highest BCUT2D eigenvalue weighted by Crippen LogP contribution is 2.38. The lowest BCUT2D eigenvalue weighted by atomic mass is 10.2. The Morgan fingerprint density at radius 3 is 2.39 bits per heavy atom. The minimum absolute atomic E-state index is 0.254. The summed E-state index contributed by atoms with van der Waals surface area (Å²) < 4.78 is 64.3. The molecule has 18 heavy (non-hydrogen) atoms. The molecule has 0 atom stereocenters. The average Bonchev–Trinajstić information content (AvgIpc) is 2.12. The van der Waals surface area contributed by atoms with E-state index in [9.17, 15) is 32.1 Å². The van der Waals surface area contributed by atoms with E-state index in [1.165, 1.54) is 0 Å². The quantitative estimate of drug-likeness (QED) is 0.481. The van der Waals surface area contributed by atoms with Crippen LogP contribution in [-0.2, 0) is 0 Å². The number of pyridine rings is 1. The first kappa shape index (κ1) is 14.1. The molecule has 0 N–H and O–H groups in total. The fourth-order valence-corrected chi connectivity index (χ4v) is 1.20. The zero-order valence-electron chi connectivity index (χ0n) is 8.66. The molecule has 1 aromatic rings. The lowest BCUT2D eigenvalue weighted by Gasteiger charge is -2.11. The van der Waals surface area contributed by atoms with Crippen molar-refractivity contribution in [2.45, 2.75) is 19.7 Å². The predicted molar refractivity (Wildman–Crippen MR) is 47.3 cm³/mol. The van der Waals surface area contributed by atoms with Crippen LogP contribution in [0.1, 0.15) is 17.8 Å². The van der Waals surface area contributed by atoms with E-state index in [1.807, 2.05) is 0 Å². The summed E-state index contributed by atoms with van der Waals surface area (Å²) >= 11 is 0. The molecule has 100 valence electrons. The van der Waals surface area contributed by atoms with Gasteiger partial charge < -0.3 is 4.74 Å². The number of aromatic nitrogens is 1. The van der Waals surface area contributed by atoms with Crippen LogP contribution in [0.15, 0.2) is 6.07 Å². The molecule has 0 saturated heterocycles. The minimum atomic E-state index is -5.22. The molecule has 1 rings (SSSR count). The van der Waals surface area contributed by atoms with Crippen molar-refractivity contribution in [1.82, 2.24) is 4.98 Å². The van der Waals surface area contributed by atoms with Gasteiger partial charge in [-0.2, -0.15) is 0 Å². The van der Waals surface area contributed by atoms with Gasteiger partial charge in [0.1, 0.15) is 0 Å². The van der Waals surface area contributed by atoms with Gasteiger partial charge in [-0.25, -0.2) is 13.8 Å². The maximum atomic E-state index is 12.5. The van der Waals surface area contributed by atoms with Crippen LogP contribution in [0.5, 0.6) is 5.75 Å². The number of ether oxygens (including phenoxy) is 1. The van der Waals surface area contributed by atoms with E-state index in [0.29, 0.717) is 6.07 Å². The van der Waals surface area contributed by atoms with Crippen molar-refractivity contribution in [2.75, 3.05) is 0 Å². The number of alkyl halides is 5. The van der Waals surface area contributed by atoms with E-state index >= 15 is 0 Å². The molecule has 0 aliphatic carbocycles. The van der Waals surface area contributed by atoms with Crippen molar-refractivity contribution in [1.29, 1.82) is 0 Å². The Labute approximate surface area is 96.3 Å². The Hall–Kier alpha value is -2.00. The molecule has 0 spiro atoms. The second kappa shape index (κ2) is 4.70. The molecule has 10 heteroatoms. The SMILES string of the molecule is Cc1cc(OC(F)(F)F)c([N+](=O)[O-])c(C(F)F)n1. The second-order valence-corrected chi connectivity index (χ2v) is 3.10. The molecule has 0 bridgehead atoms. The van der Waals surface area contributed by atoms with Crippen molar-refractivity contribution < 1.29 is 31.6 Å². The Balaban J connectivity index is 3.44. The summed E-state index contributed by atoms with van der Waals surface area (Å²) in [6.07, 6.45) is -8.61. The van der Waals surface area contributed by atoms with Crippen LogP contribution >= 0.6 is 0 Å². The lowest BCUT2D eigenvalue weighted by Crippen LogP contribution is -2.19. The first-order valence-corrected chi connectivity index (χ1v) is 4.31. The van der Waals surface area contributed by atoms with Crippen molar-refractivity contribution in [3.63, 3.8) is 0 Å². The van der Waals surface area contributed by atoms with Crippen molar-refractivity contribution in [3.8, 4) is 5.75 Å². The fourth-order valence-electron chi connectivity index (χ4n) is 1.20. The highest BCUT2D eigenvalue weighted by molar-refractivity contribution is 5.51. The summed E-state index contributed by atoms with van der Waals surface area (Å²) in [6, 6.07) is 0.567. The molecule has 1 aromatic heterocycles. The van der Waals surface area contributed by atoms with Crippen LogP contribution in [0.25, 0.3) is 0 Å². The van der Waals surface area contributed by atoms with Crippen molar-refractivity contribution >= 4 is 5.69 Å². The van der Waals surface area contributed by atoms with E-state index in [0.717, 1.165) is 6.92 Å². The number of hydrogen-bond donors (Lipinski definition) is 0. The van der Waals surface area contributed by atoms with Gasteiger partial charge in [0.05, 0.1) is 4.92 Å². The number of nitro groups is 1. The highest BCUT2D eigenvalue weighted by atomic mass is 19.4. The molecule has 0 saturated carbocycles. The van der Waals surface area contributed by atoms with Gasteiger partial charge in [0.15, 0.2) is 5.69 Å². The van der Waals surface area contributed by atoms with Crippen molar-refractivity contribution in [3.05, 3.63) is 27.6 Å². The third-order valence-electron chi connectivity index (χ3n) is 1.73. The van der Waals surface area contributed by atoms with E-state index < -0.39 is 34.8 Å². The minimum Gasteiger partial charge on any atom is -0.398 e. The number of hydrogen-bond acceptors (Lipinski definition) is 4. The summed E-state index contributed by atoms with van der Waals surface area (Å²) in [6.45, 7) is 1.11. The zero-order valence-corrected chi connectivity index (χ0v) is 8.66. The number of rotatable bonds is 3. The monoisotopic (exact) mass is 272 g/mol. The topological polar surface area (TPSA) is 65.3 Å². The maximum absolute atomic E-state index is 12.5. The van der Waals surface area contributed by atoms with Crippen LogP contribution < -0.4 is 4.74 Å². The lowest BCUT2D eigenvalue weighted by molar-refractivity contribution is -0.390. The van der Waals surface area contributed by atoms with Gasteiger partial charge in [0.2, 0.25) is 5.75 Å². The van der Waals surface area contributed by atoms with Gasteiger partial charge in [-0.05, 0) is 6.92 Å². The predicted octanol–water partition coefficient (Wildman–Crippen LogP) is 3.13. The van der Waals surface area contributed by atoms with Crippen LogP contribution in [-0.4, -0.2) is 16.3 Å². The molecule has 0 aliphatic heterocycles. The average molecular weight is 272 g/mol. The molecule has 0 unspecified atom stereocenters. The molecule has 1 heterocycles. The summed E-state index contributed by atoms with van der Waals surface area (Å²) in [4.78, 5) is 12.3. The largest absolute Gasteiger partial charge is 0.573 e. The molecule has 5 nitrogen and oxygen atoms in total. The third kappa shape index (κ3) is 3.25. The Kier molecular flexibility index (Phi) is 3.67. The molecule has 0 fully saturated rings. The van der Waals surface area contributed by atoms with Crippen LogP contribution in [0, 0.1) is 17.0 Å². The van der Waals surface area contributed by atoms with Crippen LogP contribution in [0.3, 0.4) is 0 Å². The maximum Gasteiger partial charge on any atom is 0.573 e. The summed E-state index contributed by atoms with van der Waals surface area (Å²) in [5.41, 5.74) is -3.11. The zero-order chi connectivity index (χ0) is 14.1. The van der Waals surface area contributed by atoms with Gasteiger partial charge in [-0.1, -0.05) is 0 Å². The van der Waals surface area contributed by atoms with Crippen molar-refractivity contribution in [2.24, 2.45) is 0 Å². The molecular weight excluding hydrogens is 267 g/mol. The second-order valence-electron chi connectivity index (χ2n) is 3.10. The van der Waals surface area contributed by atoms with E-state index in [1.54, 1.807) is 0 Å². The fraction of sp³-hybridized carbons (Fsp3) is 0.375. The van der Waals surface area contributed by atoms with Gasteiger partial charge in [0.25, 0.3) is 6.43 Å². The first-order valence-electron chi connectivity index (χ1n) is 4.31. The van der Waals surface area contributed by atoms with Crippen LogP contribution in [0.2, 0.25) is 0 Å². The third-order valence-corrected chi connectivity index (χ3v) is 1.73. The number of aryl methyl sites for hydroxylation is 1. The first-order chi connectivity index (χ1) is 8.11. The van der Waals surface area contributed by atoms with Gasteiger partial charge >= 0.3 is 12.0 Å². The Morgan fingerprint density at radius 2 is 2.00 bits per heavy atom. The van der Waals surface area contributed by atoms with E-state index in [-0.39, 0.29) is 5.69 Å². The highest BCUT2D eigenvalue weighted by Gasteiger charge is 2.37. The number of nitrogens with zero attached hydrogens (tertiary/aromatic N) is 2. The smallest absolute Gasteiger partial charge is 0.398 e. The van der Waals surface area contributed by atoms with E-state index in [4.69, 9.17) is 0 Å². The Morgan fingerprint density at radius 1 is 1.44 bits per heavy atom. The summed E-state index contributed by atoms with van der Waals surface area (Å²) in [7, 11) is 0. The standard InChI is InChI=1S/C8H5F5N2O3/c1-3-2-4(18-8(11,12)13)6(15(16)17)5(14-3)7(9)10/h2,7H,1H3. The van der Waals surface area contributed by atoms with Gasteiger partial charge in [-0.3, -0.25) is 10.1 Å². The summed E-state index contributed by atoms with van der Waals surface area (Å²) in [5, 5.41) is 10.5. The number of halogens is 5. The molecular formula is C8H5F5N2O3. The van der Waals surface area contributed by atoms with Crippen LogP contribution in [0.4, 0.5) is 27.6 Å². The van der Waals surface area contributed by atoms with Gasteiger partial charge in [-0.15, -0.1) is 13.2 Å². The molecule has 0 radical (unpaired) electrons. The summed E-state index contributed by atoms with van der Waals surface area (Å²) in [5.74, 6) is -1.31. The molecule has 0 aliphatic rings. The molecule has 0 amide bonds. The van der Waals surface area contributed by atoms with Gasteiger partial charge in [0, 0.05) is 11.8 Å². The molecule has 0 aromatic carbocycles.